The first-order chi connectivity index (χ1) is 7.63. The third-order valence-corrected chi connectivity index (χ3v) is 2.21. The zero-order valence-corrected chi connectivity index (χ0v) is 10.5. The molecule has 0 amide bonds. The van der Waals surface area contributed by atoms with Gasteiger partial charge in [-0.2, -0.15) is 0 Å². The van der Waals surface area contributed by atoms with E-state index in [0.29, 0.717) is 0 Å². The topological polar surface area (TPSA) is 37.4 Å². The van der Waals surface area contributed by atoms with Crippen LogP contribution >= 0.6 is 0 Å². The van der Waals surface area contributed by atoms with Gasteiger partial charge in [0.05, 0.1) is 24.2 Å². The Bertz CT molecular complexity index is 315. The molecule has 0 aromatic carbocycles. The molecule has 0 aliphatic heterocycles. The van der Waals surface area contributed by atoms with Gasteiger partial charge in [-0.25, -0.2) is 0 Å². The third-order valence-electron chi connectivity index (χ3n) is 2.21. The van der Waals surface area contributed by atoms with Gasteiger partial charge >= 0.3 is 0 Å². The predicted molar refractivity (Wildman–Crippen MR) is 67.2 cm³/mol. The Morgan fingerprint density at radius 2 is 2.19 bits per heavy atom. The summed E-state index contributed by atoms with van der Waals surface area (Å²) in [7, 11) is 4.00. The highest BCUT2D eigenvalue weighted by Crippen LogP contribution is 2.18. The van der Waals surface area contributed by atoms with Crippen molar-refractivity contribution in [2.75, 3.05) is 32.1 Å². The van der Waals surface area contributed by atoms with Gasteiger partial charge in [-0.15, -0.1) is 0 Å². The lowest BCUT2D eigenvalue weighted by molar-refractivity contribution is 0.241. The molecule has 0 bridgehead atoms. The Hall–Kier alpha value is -1.29. The first-order valence-electron chi connectivity index (χ1n) is 5.61. The molecule has 1 aromatic heterocycles. The maximum atomic E-state index is 5.60. The number of ether oxygens (including phenoxy) is 1. The number of anilines is 1. The van der Waals surface area contributed by atoms with Gasteiger partial charge < -0.3 is 15.0 Å². The molecule has 0 aliphatic rings. The van der Waals surface area contributed by atoms with Crippen molar-refractivity contribution in [3.05, 3.63) is 18.5 Å². The first kappa shape index (κ1) is 12.8. The fraction of sp³-hybridized carbons (Fsp3) is 0.583. The number of likely N-dealkylation sites (N-methyl/N-ethyl adjacent to an activating group) is 2. The Morgan fingerprint density at radius 1 is 1.44 bits per heavy atom. The summed E-state index contributed by atoms with van der Waals surface area (Å²) in [6.45, 7) is 5.92. The number of nitrogens with one attached hydrogen (secondary N) is 1. The van der Waals surface area contributed by atoms with E-state index < -0.39 is 0 Å². The monoisotopic (exact) mass is 223 g/mol. The Kier molecular flexibility index (Phi) is 5.05. The predicted octanol–water partition coefficient (Wildman–Crippen LogP) is 1.52. The Morgan fingerprint density at radius 3 is 2.81 bits per heavy atom. The molecule has 0 aliphatic carbocycles. The van der Waals surface area contributed by atoms with Gasteiger partial charge in [0, 0.05) is 26.2 Å². The van der Waals surface area contributed by atoms with Crippen LogP contribution in [-0.2, 0) is 0 Å². The fourth-order valence-corrected chi connectivity index (χ4v) is 1.36. The lowest BCUT2D eigenvalue weighted by atomic mass is 10.3. The van der Waals surface area contributed by atoms with E-state index >= 15 is 0 Å². The second kappa shape index (κ2) is 6.33. The Labute approximate surface area is 97.6 Å². The fourth-order valence-electron chi connectivity index (χ4n) is 1.36. The van der Waals surface area contributed by atoms with Crippen LogP contribution in [-0.4, -0.2) is 38.3 Å². The van der Waals surface area contributed by atoms with E-state index in [9.17, 15) is 0 Å². The molecule has 1 rings (SSSR count). The molecule has 0 fully saturated rings. The van der Waals surface area contributed by atoms with Crippen LogP contribution in [0.2, 0.25) is 0 Å². The van der Waals surface area contributed by atoms with Crippen molar-refractivity contribution in [3.63, 3.8) is 0 Å². The molecule has 16 heavy (non-hydrogen) atoms. The summed E-state index contributed by atoms with van der Waals surface area (Å²) in [6, 6.07) is 2.02. The lowest BCUT2D eigenvalue weighted by Crippen LogP contribution is -2.27. The third kappa shape index (κ3) is 4.06. The minimum atomic E-state index is 0.180. The molecule has 1 aromatic rings. The molecule has 0 radical (unpaired) electrons. The highest BCUT2D eigenvalue weighted by atomic mass is 16.5. The highest BCUT2D eigenvalue weighted by Gasteiger charge is 2.03. The molecular formula is C12H21N3O. The van der Waals surface area contributed by atoms with Crippen LogP contribution in [0.4, 0.5) is 5.69 Å². The summed E-state index contributed by atoms with van der Waals surface area (Å²) in [5.74, 6) is 0.823. The van der Waals surface area contributed by atoms with Crippen LogP contribution in [0.25, 0.3) is 0 Å². The van der Waals surface area contributed by atoms with Crippen LogP contribution in [0.1, 0.15) is 13.8 Å². The molecule has 4 heteroatoms. The molecule has 1 N–H and O–H groups in total. The number of rotatable bonds is 6. The van der Waals surface area contributed by atoms with E-state index in [2.05, 4.69) is 15.2 Å². The summed E-state index contributed by atoms with van der Waals surface area (Å²) in [5.41, 5.74) is 1.08. The van der Waals surface area contributed by atoms with Gasteiger partial charge in [-0.1, -0.05) is 0 Å². The normalized spacial score (nSPS) is 10.6. The summed E-state index contributed by atoms with van der Waals surface area (Å²) in [4.78, 5) is 6.33. The summed E-state index contributed by atoms with van der Waals surface area (Å²) in [6.07, 6.45) is 3.78. The van der Waals surface area contributed by atoms with Crippen molar-refractivity contribution in [1.82, 2.24) is 10.3 Å². The molecule has 0 unspecified atom stereocenters. The van der Waals surface area contributed by atoms with Gasteiger partial charge in [0.1, 0.15) is 5.75 Å². The molecular weight excluding hydrogens is 202 g/mol. The largest absolute Gasteiger partial charge is 0.489 e. The maximum Gasteiger partial charge on any atom is 0.140 e. The SMILES string of the molecule is CNCCN(C)c1cncc(OC(C)C)c1. The van der Waals surface area contributed by atoms with Crippen molar-refractivity contribution < 1.29 is 4.74 Å². The van der Waals surface area contributed by atoms with Crippen molar-refractivity contribution in [3.8, 4) is 5.75 Å². The smallest absolute Gasteiger partial charge is 0.140 e. The maximum absolute atomic E-state index is 5.60. The van der Waals surface area contributed by atoms with Gasteiger partial charge in [0.25, 0.3) is 0 Å². The average molecular weight is 223 g/mol. The van der Waals surface area contributed by atoms with Crippen LogP contribution in [0.3, 0.4) is 0 Å². The quantitative estimate of drug-likeness (QED) is 0.793. The van der Waals surface area contributed by atoms with E-state index in [1.165, 1.54) is 0 Å². The second-order valence-electron chi connectivity index (χ2n) is 4.07. The van der Waals surface area contributed by atoms with E-state index in [1.54, 1.807) is 6.20 Å². The van der Waals surface area contributed by atoms with Crippen molar-refractivity contribution in [2.24, 2.45) is 0 Å². The summed E-state index contributed by atoms with van der Waals surface area (Å²) >= 11 is 0. The molecule has 90 valence electrons. The van der Waals surface area contributed by atoms with Gasteiger partial charge in [-0.05, 0) is 20.9 Å². The Balaban J connectivity index is 2.65. The van der Waals surface area contributed by atoms with Crippen LogP contribution in [0, 0.1) is 0 Å². The second-order valence-corrected chi connectivity index (χ2v) is 4.07. The van der Waals surface area contributed by atoms with Crippen molar-refractivity contribution in [2.45, 2.75) is 20.0 Å². The standard InChI is InChI=1S/C12H21N3O/c1-10(2)16-12-7-11(8-14-9-12)15(4)6-5-13-3/h7-10,13H,5-6H2,1-4H3. The summed E-state index contributed by atoms with van der Waals surface area (Å²) in [5, 5.41) is 3.12. The molecule has 0 saturated heterocycles. The van der Waals surface area contributed by atoms with Gasteiger partial charge in [0.15, 0.2) is 0 Å². The minimum Gasteiger partial charge on any atom is -0.489 e. The average Bonchev–Trinajstić information content (AvgIpc) is 2.25. The number of nitrogens with zero attached hydrogens (tertiary/aromatic N) is 2. The van der Waals surface area contributed by atoms with Crippen LogP contribution in [0.15, 0.2) is 18.5 Å². The molecule has 0 saturated carbocycles. The van der Waals surface area contributed by atoms with Gasteiger partial charge in [-0.3, -0.25) is 4.98 Å². The van der Waals surface area contributed by atoms with Crippen molar-refractivity contribution >= 4 is 5.69 Å². The zero-order valence-electron chi connectivity index (χ0n) is 10.5. The zero-order chi connectivity index (χ0) is 12.0. The number of pyridine rings is 1. The van der Waals surface area contributed by atoms with Gasteiger partial charge in [0.2, 0.25) is 0 Å². The molecule has 0 atom stereocenters. The summed E-state index contributed by atoms with van der Waals surface area (Å²) < 4.78 is 5.60. The highest BCUT2D eigenvalue weighted by molar-refractivity contribution is 5.47. The van der Waals surface area contributed by atoms with E-state index in [4.69, 9.17) is 4.74 Å². The van der Waals surface area contributed by atoms with E-state index in [-0.39, 0.29) is 6.10 Å². The van der Waals surface area contributed by atoms with Crippen molar-refractivity contribution in [1.29, 1.82) is 0 Å². The number of hydrogen-bond donors (Lipinski definition) is 1. The molecule has 0 spiro atoms. The van der Waals surface area contributed by atoms with E-state index in [0.717, 1.165) is 24.5 Å². The molecule has 4 nitrogen and oxygen atoms in total. The van der Waals surface area contributed by atoms with Crippen LogP contribution in [0.5, 0.6) is 5.75 Å². The number of hydrogen-bond acceptors (Lipinski definition) is 4. The van der Waals surface area contributed by atoms with Crippen LogP contribution < -0.4 is 15.0 Å². The lowest BCUT2D eigenvalue weighted by Gasteiger charge is -2.19. The van der Waals surface area contributed by atoms with E-state index in [1.807, 2.05) is 40.2 Å². The minimum absolute atomic E-state index is 0.180. The number of aromatic nitrogens is 1. The first-order valence-corrected chi connectivity index (χ1v) is 5.61. The molecule has 1 heterocycles.